The van der Waals surface area contributed by atoms with Gasteiger partial charge in [0, 0.05) is 29.7 Å². The maximum atomic E-state index is 13.1. The van der Waals surface area contributed by atoms with Crippen molar-refractivity contribution in [1.82, 2.24) is 15.1 Å². The van der Waals surface area contributed by atoms with Gasteiger partial charge in [0.05, 0.1) is 6.42 Å². The SMILES string of the molecule is O=C(Nc1ccc(Cl)cc1)c1nnc(C2CCCN(C(=O)Cc3ccc(F)cc3)C2)s1. The lowest BCUT2D eigenvalue weighted by molar-refractivity contribution is -0.131. The number of carbonyl (C=O) groups is 2. The molecule has 0 spiro atoms. The van der Waals surface area contributed by atoms with Crippen LogP contribution in [0.2, 0.25) is 5.02 Å². The summed E-state index contributed by atoms with van der Waals surface area (Å²) in [6, 6.07) is 12.8. The number of aromatic nitrogens is 2. The molecule has 0 bridgehead atoms. The first-order valence-corrected chi connectivity index (χ1v) is 11.1. The van der Waals surface area contributed by atoms with Crippen molar-refractivity contribution in [3.8, 4) is 0 Å². The van der Waals surface area contributed by atoms with Gasteiger partial charge >= 0.3 is 0 Å². The van der Waals surface area contributed by atoms with Crippen molar-refractivity contribution >= 4 is 40.4 Å². The molecule has 1 fully saturated rings. The smallest absolute Gasteiger partial charge is 0.286 e. The van der Waals surface area contributed by atoms with Crippen molar-refractivity contribution in [1.29, 1.82) is 0 Å². The molecule has 1 atom stereocenters. The molecule has 0 radical (unpaired) electrons. The number of hydrogen-bond donors (Lipinski definition) is 1. The molecule has 0 saturated carbocycles. The highest BCUT2D eigenvalue weighted by Gasteiger charge is 2.28. The second-order valence-electron chi connectivity index (χ2n) is 7.39. The quantitative estimate of drug-likeness (QED) is 0.609. The zero-order valence-corrected chi connectivity index (χ0v) is 18.1. The van der Waals surface area contributed by atoms with Crippen LogP contribution in [0.4, 0.5) is 10.1 Å². The highest BCUT2D eigenvalue weighted by molar-refractivity contribution is 7.13. The number of nitrogens with one attached hydrogen (secondary N) is 1. The number of amides is 2. The van der Waals surface area contributed by atoms with Crippen LogP contribution < -0.4 is 5.32 Å². The summed E-state index contributed by atoms with van der Waals surface area (Å²) in [4.78, 5) is 27.0. The van der Waals surface area contributed by atoms with Gasteiger partial charge in [-0.15, -0.1) is 10.2 Å². The van der Waals surface area contributed by atoms with E-state index in [1.54, 1.807) is 36.4 Å². The van der Waals surface area contributed by atoms with Gasteiger partial charge in [-0.2, -0.15) is 0 Å². The first-order valence-electron chi connectivity index (χ1n) is 9.90. The van der Waals surface area contributed by atoms with Crippen LogP contribution >= 0.6 is 22.9 Å². The number of benzene rings is 2. The Labute approximate surface area is 188 Å². The van der Waals surface area contributed by atoms with Crippen molar-refractivity contribution < 1.29 is 14.0 Å². The van der Waals surface area contributed by atoms with E-state index >= 15 is 0 Å². The molecule has 1 aliphatic rings. The van der Waals surface area contributed by atoms with Crippen LogP contribution in [0.25, 0.3) is 0 Å². The molecule has 2 heterocycles. The van der Waals surface area contributed by atoms with E-state index in [1.807, 2.05) is 4.90 Å². The van der Waals surface area contributed by atoms with Crippen LogP contribution in [0.15, 0.2) is 48.5 Å². The summed E-state index contributed by atoms with van der Waals surface area (Å²) < 4.78 is 13.1. The minimum absolute atomic E-state index is 0.00142. The molecule has 1 saturated heterocycles. The normalized spacial score (nSPS) is 16.2. The Morgan fingerprint density at radius 2 is 1.87 bits per heavy atom. The Morgan fingerprint density at radius 1 is 1.13 bits per heavy atom. The molecule has 1 unspecified atom stereocenters. The number of halogens is 2. The first kappa shape index (κ1) is 21.4. The number of piperidine rings is 1. The van der Waals surface area contributed by atoms with Crippen molar-refractivity contribution in [3.63, 3.8) is 0 Å². The summed E-state index contributed by atoms with van der Waals surface area (Å²) in [5.74, 6) is -0.602. The van der Waals surface area contributed by atoms with Gasteiger partial charge in [-0.1, -0.05) is 35.1 Å². The molecule has 0 aliphatic carbocycles. The van der Waals surface area contributed by atoms with Crippen molar-refractivity contribution in [2.45, 2.75) is 25.2 Å². The highest BCUT2D eigenvalue weighted by Crippen LogP contribution is 2.30. The summed E-state index contributed by atoms with van der Waals surface area (Å²) >= 11 is 7.11. The largest absolute Gasteiger partial charge is 0.342 e. The highest BCUT2D eigenvalue weighted by atomic mass is 35.5. The number of hydrogen-bond acceptors (Lipinski definition) is 5. The number of carbonyl (C=O) groups excluding carboxylic acids is 2. The minimum atomic E-state index is -0.328. The molecular weight excluding hydrogens is 439 g/mol. The molecule has 2 aromatic carbocycles. The summed E-state index contributed by atoms with van der Waals surface area (Å²) in [5.41, 5.74) is 1.41. The predicted molar refractivity (Wildman–Crippen MR) is 118 cm³/mol. The van der Waals surface area contributed by atoms with E-state index in [4.69, 9.17) is 11.6 Å². The fourth-order valence-electron chi connectivity index (χ4n) is 3.50. The molecular formula is C22H20ClFN4O2S. The lowest BCUT2D eigenvalue weighted by Gasteiger charge is -2.31. The van der Waals surface area contributed by atoms with E-state index in [-0.39, 0.29) is 35.0 Å². The van der Waals surface area contributed by atoms with Crippen LogP contribution in [0, 0.1) is 5.82 Å². The summed E-state index contributed by atoms with van der Waals surface area (Å²) in [6.07, 6.45) is 1.97. The van der Waals surface area contributed by atoms with Crippen LogP contribution in [0.1, 0.15) is 39.1 Å². The fourth-order valence-corrected chi connectivity index (χ4v) is 4.49. The van der Waals surface area contributed by atoms with Crippen molar-refractivity contribution in [3.05, 3.63) is 74.9 Å². The summed E-state index contributed by atoms with van der Waals surface area (Å²) in [5, 5.41) is 12.7. The van der Waals surface area contributed by atoms with Gasteiger partial charge in [-0.3, -0.25) is 9.59 Å². The van der Waals surface area contributed by atoms with E-state index in [0.717, 1.165) is 23.4 Å². The summed E-state index contributed by atoms with van der Waals surface area (Å²) in [6.45, 7) is 1.21. The predicted octanol–water partition coefficient (Wildman–Crippen LogP) is 4.53. The molecule has 2 amide bonds. The Kier molecular flexibility index (Phi) is 6.58. The lowest BCUT2D eigenvalue weighted by Crippen LogP contribution is -2.39. The summed E-state index contributed by atoms with van der Waals surface area (Å²) in [7, 11) is 0. The Balaban J connectivity index is 1.37. The van der Waals surface area contributed by atoms with Crippen molar-refractivity contribution in [2.24, 2.45) is 0 Å². The lowest BCUT2D eigenvalue weighted by atomic mass is 9.98. The number of nitrogens with zero attached hydrogens (tertiary/aromatic N) is 3. The van der Waals surface area contributed by atoms with Gasteiger partial charge in [0.25, 0.3) is 5.91 Å². The third-order valence-electron chi connectivity index (χ3n) is 5.13. The maximum absolute atomic E-state index is 13.1. The molecule has 1 aliphatic heterocycles. The van der Waals surface area contributed by atoms with Gasteiger partial charge < -0.3 is 10.2 Å². The molecule has 1 N–H and O–H groups in total. The van der Waals surface area contributed by atoms with Crippen LogP contribution in [0.3, 0.4) is 0 Å². The molecule has 6 nitrogen and oxygen atoms in total. The van der Waals surface area contributed by atoms with Crippen molar-refractivity contribution in [2.75, 3.05) is 18.4 Å². The zero-order chi connectivity index (χ0) is 21.8. The standard InChI is InChI=1S/C22H20ClFN4O2S/c23-16-5-9-18(10-6-16)25-20(30)22-27-26-21(31-22)15-2-1-11-28(13-15)19(29)12-14-3-7-17(24)8-4-14/h3-10,15H,1-2,11-13H2,(H,25,30). The Morgan fingerprint density at radius 3 is 2.61 bits per heavy atom. The topological polar surface area (TPSA) is 75.2 Å². The monoisotopic (exact) mass is 458 g/mol. The van der Waals surface area contributed by atoms with E-state index in [9.17, 15) is 14.0 Å². The molecule has 1 aromatic heterocycles. The van der Waals surface area contributed by atoms with E-state index in [2.05, 4.69) is 15.5 Å². The average Bonchev–Trinajstić information content (AvgIpc) is 3.28. The van der Waals surface area contributed by atoms with Gasteiger partial charge in [0.15, 0.2) is 0 Å². The third-order valence-corrected chi connectivity index (χ3v) is 6.47. The van der Waals surface area contributed by atoms with Gasteiger partial charge in [-0.25, -0.2) is 4.39 Å². The number of rotatable bonds is 5. The molecule has 4 rings (SSSR count). The van der Waals surface area contributed by atoms with E-state index in [1.165, 1.54) is 23.5 Å². The van der Waals surface area contributed by atoms with Gasteiger partial charge in [-0.05, 0) is 54.8 Å². The van der Waals surface area contributed by atoms with Crippen LogP contribution in [-0.4, -0.2) is 40.0 Å². The van der Waals surface area contributed by atoms with E-state index in [0.29, 0.717) is 23.8 Å². The second-order valence-corrected chi connectivity index (χ2v) is 8.83. The Hall–Kier alpha value is -2.84. The van der Waals surface area contributed by atoms with Gasteiger partial charge in [0.1, 0.15) is 10.8 Å². The number of likely N-dealkylation sites (tertiary alicyclic amines) is 1. The molecule has 9 heteroatoms. The second kappa shape index (κ2) is 9.53. The molecule has 31 heavy (non-hydrogen) atoms. The number of anilines is 1. The zero-order valence-electron chi connectivity index (χ0n) is 16.6. The van der Waals surface area contributed by atoms with Gasteiger partial charge in [0.2, 0.25) is 10.9 Å². The Bertz CT molecular complexity index is 1070. The van der Waals surface area contributed by atoms with Crippen LogP contribution in [-0.2, 0) is 11.2 Å². The maximum Gasteiger partial charge on any atom is 0.286 e. The minimum Gasteiger partial charge on any atom is -0.342 e. The third kappa shape index (κ3) is 5.45. The van der Waals surface area contributed by atoms with Crippen LogP contribution in [0.5, 0.6) is 0 Å². The molecule has 3 aromatic rings. The molecule has 160 valence electrons. The fraction of sp³-hybridized carbons (Fsp3) is 0.273. The van der Waals surface area contributed by atoms with E-state index < -0.39 is 0 Å². The average molecular weight is 459 g/mol. The first-order chi connectivity index (χ1) is 15.0.